The average Bonchev–Trinajstić information content (AvgIpc) is 3.08. The van der Waals surface area contributed by atoms with Crippen LogP contribution in [0.4, 0.5) is 0 Å². The first-order chi connectivity index (χ1) is 17.1. The van der Waals surface area contributed by atoms with Gasteiger partial charge < -0.3 is 18.8 Å². The van der Waals surface area contributed by atoms with Gasteiger partial charge in [-0.3, -0.25) is 9.78 Å². The maximum atomic E-state index is 11.5. The summed E-state index contributed by atoms with van der Waals surface area (Å²) in [4.78, 5) is 19.9. The van der Waals surface area contributed by atoms with Crippen LogP contribution in [0.2, 0.25) is 0 Å². The Morgan fingerprint density at radius 3 is 2.50 bits per heavy atom. The average molecular weight is 485 g/mol. The van der Waals surface area contributed by atoms with Gasteiger partial charge in [-0.1, -0.05) is 18.2 Å². The van der Waals surface area contributed by atoms with Gasteiger partial charge in [-0.05, 0) is 63.3 Å². The molecule has 2 aromatic heterocycles. The van der Waals surface area contributed by atoms with Crippen molar-refractivity contribution >= 4 is 18.9 Å². The fraction of sp³-hybridized carbons (Fsp3) is 0.333. The number of pyridine rings is 2. The molecular formula is C27H28BN3O5. The number of aromatic nitrogens is 2. The molecular weight excluding hydrogens is 457 g/mol. The van der Waals surface area contributed by atoms with Gasteiger partial charge in [-0.2, -0.15) is 10.2 Å². The van der Waals surface area contributed by atoms with Crippen molar-refractivity contribution in [3.8, 4) is 17.8 Å². The van der Waals surface area contributed by atoms with Gasteiger partial charge in [0.15, 0.2) is 6.29 Å². The van der Waals surface area contributed by atoms with Crippen molar-refractivity contribution in [1.29, 1.82) is 5.26 Å². The Labute approximate surface area is 211 Å². The lowest BCUT2D eigenvalue weighted by Gasteiger charge is -2.32. The molecule has 8 nitrogen and oxygen atoms in total. The van der Waals surface area contributed by atoms with E-state index in [9.17, 15) is 4.79 Å². The van der Waals surface area contributed by atoms with Crippen LogP contribution in [-0.2, 0) is 22.5 Å². The molecule has 1 aliphatic heterocycles. The Bertz CT molecular complexity index is 1300. The smallest absolute Gasteiger partial charge is 0.473 e. The zero-order chi connectivity index (χ0) is 25.9. The summed E-state index contributed by atoms with van der Waals surface area (Å²) < 4.78 is 24.1. The SMILES string of the molecule is Cc1c(COc2ccc(C=O)c(OCc3cncc(C#N)c3)n2)cccc1B1OC(C)(C)C(C)(C)O1. The van der Waals surface area contributed by atoms with Crippen LogP contribution in [0.5, 0.6) is 11.8 Å². The predicted octanol–water partition coefficient (Wildman–Crippen LogP) is 3.93. The van der Waals surface area contributed by atoms with Crippen molar-refractivity contribution in [1.82, 2.24) is 9.97 Å². The number of carbonyl (C=O) groups is 1. The van der Waals surface area contributed by atoms with E-state index in [-0.39, 0.29) is 19.1 Å². The molecule has 3 heterocycles. The van der Waals surface area contributed by atoms with Crippen LogP contribution in [0.3, 0.4) is 0 Å². The Morgan fingerprint density at radius 2 is 1.81 bits per heavy atom. The molecule has 1 saturated heterocycles. The van der Waals surface area contributed by atoms with Crippen molar-refractivity contribution in [3.63, 3.8) is 0 Å². The van der Waals surface area contributed by atoms with Crippen molar-refractivity contribution in [2.24, 2.45) is 0 Å². The minimum Gasteiger partial charge on any atom is -0.473 e. The lowest BCUT2D eigenvalue weighted by Crippen LogP contribution is -2.41. The van der Waals surface area contributed by atoms with Gasteiger partial charge in [-0.15, -0.1) is 0 Å². The van der Waals surface area contributed by atoms with Crippen LogP contribution >= 0.6 is 0 Å². The highest BCUT2D eigenvalue weighted by atomic mass is 16.7. The van der Waals surface area contributed by atoms with E-state index in [1.807, 2.05) is 58.9 Å². The van der Waals surface area contributed by atoms with E-state index >= 15 is 0 Å². The first-order valence-corrected chi connectivity index (χ1v) is 11.6. The topological polar surface area (TPSA) is 104 Å². The van der Waals surface area contributed by atoms with Crippen molar-refractivity contribution in [2.75, 3.05) is 0 Å². The molecule has 4 rings (SSSR count). The van der Waals surface area contributed by atoms with Gasteiger partial charge >= 0.3 is 7.12 Å². The van der Waals surface area contributed by atoms with Crippen LogP contribution < -0.4 is 14.9 Å². The van der Waals surface area contributed by atoms with E-state index < -0.39 is 18.3 Å². The maximum absolute atomic E-state index is 11.5. The van der Waals surface area contributed by atoms with Crippen molar-refractivity contribution < 1.29 is 23.6 Å². The molecule has 0 saturated carbocycles. The van der Waals surface area contributed by atoms with E-state index in [1.165, 1.54) is 6.20 Å². The highest BCUT2D eigenvalue weighted by molar-refractivity contribution is 6.62. The number of nitriles is 1. The molecule has 9 heteroatoms. The molecule has 3 aromatic rings. The van der Waals surface area contributed by atoms with E-state index in [0.717, 1.165) is 16.6 Å². The molecule has 184 valence electrons. The third kappa shape index (κ3) is 5.25. The standard InChI is InChI=1S/C27H28BN3O5/c1-18-22(7-6-8-23(18)28-35-26(2,3)27(4,5)36-28)17-33-24-10-9-21(15-32)25(31-24)34-16-20-11-19(12-29)13-30-14-20/h6-11,13-15H,16-17H2,1-5H3. The summed E-state index contributed by atoms with van der Waals surface area (Å²) in [5.74, 6) is 0.465. The molecule has 0 amide bonds. The van der Waals surface area contributed by atoms with Crippen LogP contribution in [-0.4, -0.2) is 34.6 Å². The molecule has 0 spiro atoms. The summed E-state index contributed by atoms with van der Waals surface area (Å²) in [5.41, 5.74) is 3.49. The minimum absolute atomic E-state index is 0.106. The fourth-order valence-electron chi connectivity index (χ4n) is 3.74. The van der Waals surface area contributed by atoms with Gasteiger partial charge in [0.1, 0.15) is 19.3 Å². The zero-order valence-corrected chi connectivity index (χ0v) is 21.1. The number of hydrogen-bond donors (Lipinski definition) is 0. The highest BCUT2D eigenvalue weighted by Crippen LogP contribution is 2.36. The molecule has 0 unspecified atom stereocenters. The summed E-state index contributed by atoms with van der Waals surface area (Å²) in [6, 6.07) is 12.9. The molecule has 1 aliphatic rings. The Hall–Kier alpha value is -3.74. The number of benzene rings is 1. The van der Waals surface area contributed by atoms with Crippen LogP contribution in [0.25, 0.3) is 0 Å². The third-order valence-electron chi connectivity index (χ3n) is 6.66. The molecule has 0 atom stereocenters. The molecule has 0 radical (unpaired) electrons. The van der Waals surface area contributed by atoms with E-state index in [4.69, 9.17) is 24.0 Å². The number of rotatable bonds is 8. The van der Waals surface area contributed by atoms with Crippen LogP contribution in [0.15, 0.2) is 48.8 Å². The number of carbonyl (C=O) groups excluding carboxylic acids is 1. The lowest BCUT2D eigenvalue weighted by atomic mass is 9.75. The summed E-state index contributed by atoms with van der Waals surface area (Å²) in [5, 5.41) is 9.04. The Balaban J connectivity index is 1.47. The zero-order valence-electron chi connectivity index (χ0n) is 21.1. The summed E-state index contributed by atoms with van der Waals surface area (Å²) in [6.45, 7) is 10.5. The third-order valence-corrected chi connectivity index (χ3v) is 6.66. The summed E-state index contributed by atoms with van der Waals surface area (Å²) in [7, 11) is -0.464. The summed E-state index contributed by atoms with van der Waals surface area (Å²) >= 11 is 0. The lowest BCUT2D eigenvalue weighted by molar-refractivity contribution is 0.00578. The normalized spacial score (nSPS) is 15.8. The van der Waals surface area contributed by atoms with Gasteiger partial charge in [-0.25, -0.2) is 0 Å². The highest BCUT2D eigenvalue weighted by Gasteiger charge is 2.52. The molecule has 0 N–H and O–H groups in total. The van der Waals surface area contributed by atoms with E-state index in [1.54, 1.807) is 24.4 Å². The second-order valence-corrected chi connectivity index (χ2v) is 9.65. The fourth-order valence-corrected chi connectivity index (χ4v) is 3.74. The van der Waals surface area contributed by atoms with Crippen LogP contribution in [0.1, 0.15) is 60.3 Å². The summed E-state index contributed by atoms with van der Waals surface area (Å²) in [6.07, 6.45) is 3.74. The number of nitrogens with zero attached hydrogens (tertiary/aromatic N) is 3. The number of ether oxygens (including phenoxy) is 2. The maximum Gasteiger partial charge on any atom is 0.495 e. The van der Waals surface area contributed by atoms with Gasteiger partial charge in [0.25, 0.3) is 0 Å². The van der Waals surface area contributed by atoms with E-state index in [2.05, 4.69) is 9.97 Å². The first-order valence-electron chi connectivity index (χ1n) is 11.6. The molecule has 0 bridgehead atoms. The quantitative estimate of drug-likeness (QED) is 0.349. The van der Waals surface area contributed by atoms with Crippen LogP contribution in [0, 0.1) is 18.3 Å². The Kier molecular flexibility index (Phi) is 7.11. The molecule has 1 fully saturated rings. The Morgan fingerprint density at radius 1 is 1.06 bits per heavy atom. The largest absolute Gasteiger partial charge is 0.495 e. The number of aldehydes is 1. The predicted molar refractivity (Wildman–Crippen MR) is 134 cm³/mol. The molecule has 0 aliphatic carbocycles. The van der Waals surface area contributed by atoms with Gasteiger partial charge in [0.05, 0.1) is 22.3 Å². The van der Waals surface area contributed by atoms with Gasteiger partial charge in [0, 0.05) is 24.0 Å². The molecule has 1 aromatic carbocycles. The number of hydrogen-bond acceptors (Lipinski definition) is 8. The second kappa shape index (κ2) is 10.1. The second-order valence-electron chi connectivity index (χ2n) is 9.65. The van der Waals surface area contributed by atoms with Crippen molar-refractivity contribution in [3.05, 3.63) is 76.6 Å². The monoisotopic (exact) mass is 485 g/mol. The van der Waals surface area contributed by atoms with Gasteiger partial charge in [0.2, 0.25) is 11.8 Å². The van der Waals surface area contributed by atoms with Crippen molar-refractivity contribution in [2.45, 2.75) is 59.0 Å². The first kappa shape index (κ1) is 25.4. The van der Waals surface area contributed by atoms with E-state index in [0.29, 0.717) is 28.9 Å². The molecule has 36 heavy (non-hydrogen) atoms. The minimum atomic E-state index is -0.464.